The number of hydrogen-bond donors (Lipinski definition) is 2. The molecule has 1 fully saturated rings. The molecule has 9 nitrogen and oxygen atoms in total. The van der Waals surface area contributed by atoms with Gasteiger partial charge in [-0.05, 0) is 69.6 Å². The fraction of sp³-hybridized carbons (Fsp3) is 0.462. The van der Waals surface area contributed by atoms with E-state index in [0.717, 1.165) is 31.5 Å². The van der Waals surface area contributed by atoms with Gasteiger partial charge in [-0.1, -0.05) is 6.07 Å². The molecule has 2 N–H and O–H groups in total. The van der Waals surface area contributed by atoms with E-state index in [-0.39, 0.29) is 30.1 Å². The van der Waals surface area contributed by atoms with E-state index in [1.807, 2.05) is 26.0 Å². The van der Waals surface area contributed by atoms with Crippen LogP contribution in [0.4, 0.5) is 16.1 Å². The number of aromatic nitrogens is 1. The molecule has 1 aromatic heterocycles. The van der Waals surface area contributed by atoms with Crippen molar-refractivity contribution in [2.24, 2.45) is 0 Å². The zero-order valence-electron chi connectivity index (χ0n) is 20.9. The summed E-state index contributed by atoms with van der Waals surface area (Å²) in [5.74, 6) is -0.473. The molecular formula is C26H33FN4O5. The number of fused-ring (bicyclic) bond motifs is 1. The topological polar surface area (TPSA) is 98.1 Å². The van der Waals surface area contributed by atoms with Crippen LogP contribution in [0.25, 0.3) is 11.1 Å². The Morgan fingerprint density at radius 2 is 1.89 bits per heavy atom. The van der Waals surface area contributed by atoms with Gasteiger partial charge in [0.05, 0.1) is 18.9 Å². The van der Waals surface area contributed by atoms with Crippen molar-refractivity contribution in [2.75, 3.05) is 50.2 Å². The van der Waals surface area contributed by atoms with Crippen molar-refractivity contribution in [3.05, 3.63) is 41.7 Å². The molecule has 0 atom stereocenters. The summed E-state index contributed by atoms with van der Waals surface area (Å²) in [5, 5.41) is 6.20. The molecule has 4 rings (SSSR count). The van der Waals surface area contributed by atoms with E-state index in [9.17, 15) is 9.18 Å². The van der Waals surface area contributed by atoms with Crippen molar-refractivity contribution in [1.29, 1.82) is 0 Å². The molecule has 194 valence electrons. The number of rotatable bonds is 11. The number of methoxy groups -OCH3 is 1. The lowest BCUT2D eigenvalue weighted by molar-refractivity contribution is -0.119. The summed E-state index contributed by atoms with van der Waals surface area (Å²) in [6, 6.07) is 9.42. The monoisotopic (exact) mass is 500 g/mol. The molecule has 10 heteroatoms. The van der Waals surface area contributed by atoms with E-state index >= 15 is 0 Å². The number of nitrogens with one attached hydrogen (secondary N) is 2. The SMILES string of the molecule is CCOc1cc(CN(c2nc3cccc(NC(=O)COC)c3o2)C2CCNCC2)cc(OCC)c1F. The van der Waals surface area contributed by atoms with E-state index in [4.69, 9.17) is 23.6 Å². The third kappa shape index (κ3) is 5.88. The van der Waals surface area contributed by atoms with Crippen LogP contribution in [0.15, 0.2) is 34.7 Å². The van der Waals surface area contributed by atoms with Crippen molar-refractivity contribution in [3.63, 3.8) is 0 Å². The quantitative estimate of drug-likeness (QED) is 0.406. The van der Waals surface area contributed by atoms with Crippen LogP contribution >= 0.6 is 0 Å². The highest BCUT2D eigenvalue weighted by atomic mass is 19.1. The summed E-state index contributed by atoms with van der Waals surface area (Å²) in [7, 11) is 1.47. The number of carbonyl (C=O) groups excluding carboxylic acids is 1. The second-order valence-electron chi connectivity index (χ2n) is 8.51. The molecular weight excluding hydrogens is 467 g/mol. The lowest BCUT2D eigenvalue weighted by Gasteiger charge is -2.33. The number of benzene rings is 2. The van der Waals surface area contributed by atoms with E-state index in [0.29, 0.717) is 42.6 Å². The summed E-state index contributed by atoms with van der Waals surface area (Å²) in [4.78, 5) is 19.0. The Labute approximate surface area is 209 Å². The summed E-state index contributed by atoms with van der Waals surface area (Å²) in [6.45, 7) is 6.41. The largest absolute Gasteiger partial charge is 0.491 e. The Morgan fingerprint density at radius 1 is 1.19 bits per heavy atom. The molecule has 2 heterocycles. The van der Waals surface area contributed by atoms with Crippen LogP contribution in [0, 0.1) is 5.82 Å². The van der Waals surface area contributed by atoms with Gasteiger partial charge in [-0.25, -0.2) is 0 Å². The molecule has 0 bridgehead atoms. The van der Waals surface area contributed by atoms with Gasteiger partial charge in [0.1, 0.15) is 12.1 Å². The molecule has 0 aliphatic carbocycles. The van der Waals surface area contributed by atoms with E-state index in [1.165, 1.54) is 7.11 Å². The fourth-order valence-corrected chi connectivity index (χ4v) is 4.38. The van der Waals surface area contributed by atoms with Gasteiger partial charge in [-0.2, -0.15) is 9.37 Å². The van der Waals surface area contributed by atoms with Crippen LogP contribution in [0.5, 0.6) is 11.5 Å². The van der Waals surface area contributed by atoms with Crippen molar-refractivity contribution in [2.45, 2.75) is 39.3 Å². The molecule has 1 amide bonds. The standard InChI is InChI=1S/C26H33FN4O5/c1-4-34-21-13-17(14-22(24(21)27)35-5-2)15-31(18-9-11-28-12-10-18)26-30-20-8-6-7-19(25(20)36-26)29-23(32)16-33-3/h6-8,13-14,18,28H,4-5,9-12,15-16H2,1-3H3,(H,29,32). The Balaban J connectivity index is 1.71. The first-order valence-electron chi connectivity index (χ1n) is 12.3. The number of para-hydroxylation sites is 1. The Hall–Kier alpha value is -3.37. The highest BCUT2D eigenvalue weighted by Crippen LogP contribution is 2.34. The minimum Gasteiger partial charge on any atom is -0.491 e. The summed E-state index contributed by atoms with van der Waals surface area (Å²) >= 11 is 0. The molecule has 1 aliphatic rings. The average molecular weight is 501 g/mol. The number of oxazole rings is 1. The number of amides is 1. The fourth-order valence-electron chi connectivity index (χ4n) is 4.38. The molecule has 2 aromatic carbocycles. The second-order valence-corrected chi connectivity index (χ2v) is 8.51. The highest BCUT2D eigenvalue weighted by Gasteiger charge is 2.27. The van der Waals surface area contributed by atoms with Gasteiger partial charge in [0.15, 0.2) is 17.1 Å². The molecule has 0 saturated carbocycles. The van der Waals surface area contributed by atoms with E-state index in [1.54, 1.807) is 18.2 Å². The van der Waals surface area contributed by atoms with Gasteiger partial charge >= 0.3 is 0 Å². The number of halogens is 1. The normalized spacial score (nSPS) is 14.1. The van der Waals surface area contributed by atoms with Gasteiger partial charge in [0, 0.05) is 19.7 Å². The van der Waals surface area contributed by atoms with Gasteiger partial charge in [-0.3, -0.25) is 4.79 Å². The average Bonchev–Trinajstić information content (AvgIpc) is 3.31. The Morgan fingerprint density at radius 3 is 2.53 bits per heavy atom. The first-order valence-corrected chi connectivity index (χ1v) is 12.3. The van der Waals surface area contributed by atoms with Crippen LogP contribution in [0.3, 0.4) is 0 Å². The second kappa shape index (κ2) is 12.0. The maximum atomic E-state index is 14.8. The van der Waals surface area contributed by atoms with Crippen LogP contribution < -0.4 is 25.0 Å². The van der Waals surface area contributed by atoms with Crippen LogP contribution in [0.2, 0.25) is 0 Å². The van der Waals surface area contributed by atoms with Crippen LogP contribution in [-0.4, -0.2) is 57.0 Å². The molecule has 1 saturated heterocycles. The predicted molar refractivity (Wildman–Crippen MR) is 135 cm³/mol. The van der Waals surface area contributed by atoms with Gasteiger partial charge < -0.3 is 34.2 Å². The van der Waals surface area contributed by atoms with Crippen LogP contribution in [-0.2, 0) is 16.1 Å². The van der Waals surface area contributed by atoms with Gasteiger partial charge in [-0.15, -0.1) is 0 Å². The van der Waals surface area contributed by atoms with Gasteiger partial charge in [0.2, 0.25) is 11.7 Å². The molecule has 36 heavy (non-hydrogen) atoms. The first kappa shape index (κ1) is 25.7. The Kier molecular flexibility index (Phi) is 8.61. The van der Waals surface area contributed by atoms with Gasteiger partial charge in [0.25, 0.3) is 6.01 Å². The summed E-state index contributed by atoms with van der Waals surface area (Å²) < 4.78 is 37.1. The van der Waals surface area contributed by atoms with Crippen molar-refractivity contribution in [3.8, 4) is 11.5 Å². The predicted octanol–water partition coefficient (Wildman–Crippen LogP) is 4.11. The lowest BCUT2D eigenvalue weighted by atomic mass is 10.0. The number of carbonyl (C=O) groups is 1. The van der Waals surface area contributed by atoms with Crippen molar-refractivity contribution >= 4 is 28.7 Å². The number of anilines is 2. The number of piperidine rings is 1. The molecule has 0 unspecified atom stereocenters. The molecule has 3 aromatic rings. The minimum absolute atomic E-state index is 0.0620. The highest BCUT2D eigenvalue weighted by molar-refractivity contribution is 5.99. The van der Waals surface area contributed by atoms with E-state index < -0.39 is 5.82 Å². The zero-order chi connectivity index (χ0) is 25.5. The lowest BCUT2D eigenvalue weighted by Crippen LogP contribution is -2.43. The maximum Gasteiger partial charge on any atom is 0.299 e. The number of nitrogens with zero attached hydrogens (tertiary/aromatic N) is 2. The van der Waals surface area contributed by atoms with Crippen LogP contribution in [0.1, 0.15) is 32.3 Å². The first-order chi connectivity index (χ1) is 17.5. The molecule has 0 spiro atoms. The minimum atomic E-state index is -0.505. The number of hydrogen-bond acceptors (Lipinski definition) is 8. The number of ether oxygens (including phenoxy) is 3. The summed E-state index contributed by atoms with van der Waals surface area (Å²) in [6.07, 6.45) is 1.79. The zero-order valence-corrected chi connectivity index (χ0v) is 20.9. The Bertz CT molecular complexity index is 1150. The van der Waals surface area contributed by atoms with E-state index in [2.05, 4.69) is 15.5 Å². The smallest absolute Gasteiger partial charge is 0.299 e. The third-order valence-electron chi connectivity index (χ3n) is 5.97. The summed E-state index contributed by atoms with van der Waals surface area (Å²) in [5.41, 5.74) is 2.46. The maximum absolute atomic E-state index is 14.8. The molecule has 1 aliphatic heterocycles. The molecule has 0 radical (unpaired) electrons. The van der Waals surface area contributed by atoms with Crippen molar-refractivity contribution < 1.29 is 27.8 Å². The third-order valence-corrected chi connectivity index (χ3v) is 5.97. The van der Waals surface area contributed by atoms with Crippen molar-refractivity contribution in [1.82, 2.24) is 10.3 Å².